The molecule has 0 fully saturated rings. The molecule has 0 aliphatic heterocycles. The summed E-state index contributed by atoms with van der Waals surface area (Å²) < 4.78 is 7.47. The number of aryl methyl sites for hydroxylation is 2. The number of aromatic nitrogens is 1. The Kier molecular flexibility index (Phi) is 5.85. The first kappa shape index (κ1) is 17.1. The van der Waals surface area contributed by atoms with Gasteiger partial charge in [-0.05, 0) is 63.4 Å². The zero-order valence-corrected chi connectivity index (χ0v) is 14.4. The molecule has 0 aliphatic rings. The van der Waals surface area contributed by atoms with Crippen LogP contribution in [0.4, 0.5) is 0 Å². The zero-order valence-electron chi connectivity index (χ0n) is 14.4. The molecular weight excluding hydrogens is 288 g/mol. The maximum absolute atomic E-state index is 12.1. The second kappa shape index (κ2) is 7.86. The number of amides is 1. The fraction of sp³-hybridized carbons (Fsp3) is 0.421. The number of carbonyl (C=O) groups excluding carboxylic acids is 1. The van der Waals surface area contributed by atoms with Crippen LogP contribution in [0.5, 0.6) is 5.75 Å². The summed E-state index contributed by atoms with van der Waals surface area (Å²) in [6.07, 6.45) is 3.89. The van der Waals surface area contributed by atoms with Crippen molar-refractivity contribution in [2.75, 3.05) is 0 Å². The summed E-state index contributed by atoms with van der Waals surface area (Å²) >= 11 is 0. The van der Waals surface area contributed by atoms with Crippen molar-refractivity contribution in [3.05, 3.63) is 53.9 Å². The largest absolute Gasteiger partial charge is 0.491 e. The van der Waals surface area contributed by atoms with Gasteiger partial charge < -0.3 is 14.6 Å². The van der Waals surface area contributed by atoms with Gasteiger partial charge in [0.1, 0.15) is 11.4 Å². The van der Waals surface area contributed by atoms with Crippen LogP contribution in [0.3, 0.4) is 0 Å². The maximum atomic E-state index is 12.1. The number of nitrogens with one attached hydrogen (secondary N) is 1. The Bertz CT molecular complexity index is 629. The fourth-order valence-corrected chi connectivity index (χ4v) is 2.46. The van der Waals surface area contributed by atoms with Gasteiger partial charge in [0.15, 0.2) is 0 Å². The van der Waals surface area contributed by atoms with Crippen LogP contribution < -0.4 is 10.1 Å². The number of benzene rings is 1. The lowest BCUT2D eigenvalue weighted by atomic mass is 10.1. The molecule has 4 nitrogen and oxygen atoms in total. The molecule has 0 saturated carbocycles. The number of rotatable bonds is 7. The second-order valence-electron chi connectivity index (χ2n) is 6.23. The molecule has 0 aliphatic carbocycles. The Labute approximate surface area is 138 Å². The minimum atomic E-state index is -0.0225. The average molecular weight is 314 g/mol. The molecule has 0 spiro atoms. The lowest BCUT2D eigenvalue weighted by molar-refractivity contribution is 0.0930. The van der Waals surface area contributed by atoms with Crippen molar-refractivity contribution in [1.29, 1.82) is 0 Å². The second-order valence-corrected chi connectivity index (χ2v) is 6.23. The van der Waals surface area contributed by atoms with Crippen LogP contribution in [0, 0.1) is 0 Å². The molecule has 0 radical (unpaired) electrons. The van der Waals surface area contributed by atoms with Crippen molar-refractivity contribution >= 4 is 5.91 Å². The van der Waals surface area contributed by atoms with Crippen LogP contribution in [0.2, 0.25) is 0 Å². The van der Waals surface area contributed by atoms with E-state index in [1.54, 1.807) is 0 Å². The van der Waals surface area contributed by atoms with Gasteiger partial charge in [0.05, 0.1) is 6.10 Å². The SMILES string of the molecule is CC(CCc1ccc(OC(C)C)cc1)NC(=O)c1cccn1C. The van der Waals surface area contributed by atoms with E-state index in [-0.39, 0.29) is 18.1 Å². The number of ether oxygens (including phenoxy) is 1. The van der Waals surface area contributed by atoms with Crippen molar-refractivity contribution in [3.8, 4) is 5.75 Å². The van der Waals surface area contributed by atoms with E-state index in [1.165, 1.54) is 5.56 Å². The molecule has 1 heterocycles. The highest BCUT2D eigenvalue weighted by molar-refractivity contribution is 5.92. The number of carbonyl (C=O) groups is 1. The van der Waals surface area contributed by atoms with E-state index >= 15 is 0 Å². The molecule has 23 heavy (non-hydrogen) atoms. The van der Waals surface area contributed by atoms with Crippen molar-refractivity contribution in [2.45, 2.75) is 45.8 Å². The van der Waals surface area contributed by atoms with Crippen molar-refractivity contribution in [1.82, 2.24) is 9.88 Å². The van der Waals surface area contributed by atoms with Crippen LogP contribution in [0.25, 0.3) is 0 Å². The third-order valence-electron chi connectivity index (χ3n) is 3.72. The Balaban J connectivity index is 1.81. The molecule has 1 amide bonds. The first-order valence-corrected chi connectivity index (χ1v) is 8.13. The monoisotopic (exact) mass is 314 g/mol. The van der Waals surface area contributed by atoms with Crippen LogP contribution in [0.15, 0.2) is 42.6 Å². The molecule has 0 bridgehead atoms. The van der Waals surface area contributed by atoms with E-state index in [2.05, 4.69) is 17.4 Å². The van der Waals surface area contributed by atoms with Gasteiger partial charge in [-0.3, -0.25) is 4.79 Å². The van der Waals surface area contributed by atoms with Gasteiger partial charge in [0, 0.05) is 19.3 Å². The lowest BCUT2D eigenvalue weighted by Gasteiger charge is -2.15. The smallest absolute Gasteiger partial charge is 0.268 e. The van der Waals surface area contributed by atoms with Crippen LogP contribution >= 0.6 is 0 Å². The van der Waals surface area contributed by atoms with E-state index in [4.69, 9.17) is 4.74 Å². The molecule has 2 rings (SSSR count). The summed E-state index contributed by atoms with van der Waals surface area (Å²) in [5.74, 6) is 0.875. The van der Waals surface area contributed by atoms with E-state index in [1.807, 2.05) is 62.8 Å². The predicted octanol–water partition coefficient (Wildman–Crippen LogP) is 3.56. The molecular formula is C19H26N2O2. The highest BCUT2D eigenvalue weighted by atomic mass is 16.5. The standard InChI is InChI=1S/C19H26N2O2/c1-14(2)23-17-11-9-16(10-12-17)8-7-15(3)20-19(22)18-6-5-13-21(18)4/h5-6,9-15H,7-8H2,1-4H3,(H,20,22). The molecule has 1 N–H and O–H groups in total. The average Bonchev–Trinajstić information content (AvgIpc) is 2.92. The molecule has 1 unspecified atom stereocenters. The van der Waals surface area contributed by atoms with Crippen LogP contribution in [0.1, 0.15) is 43.2 Å². The molecule has 2 aromatic rings. The van der Waals surface area contributed by atoms with Crippen molar-refractivity contribution < 1.29 is 9.53 Å². The summed E-state index contributed by atoms with van der Waals surface area (Å²) in [5, 5.41) is 3.05. The molecule has 124 valence electrons. The molecule has 0 saturated heterocycles. The number of hydrogen-bond donors (Lipinski definition) is 1. The van der Waals surface area contributed by atoms with Gasteiger partial charge in [-0.15, -0.1) is 0 Å². The summed E-state index contributed by atoms with van der Waals surface area (Å²) in [6.45, 7) is 6.08. The first-order valence-electron chi connectivity index (χ1n) is 8.13. The van der Waals surface area contributed by atoms with Gasteiger partial charge in [0.2, 0.25) is 0 Å². The van der Waals surface area contributed by atoms with Gasteiger partial charge in [-0.25, -0.2) is 0 Å². The topological polar surface area (TPSA) is 43.3 Å². The normalized spacial score (nSPS) is 12.2. The van der Waals surface area contributed by atoms with E-state index < -0.39 is 0 Å². The lowest BCUT2D eigenvalue weighted by Crippen LogP contribution is -2.33. The Hall–Kier alpha value is -2.23. The molecule has 1 aromatic heterocycles. The fourth-order valence-electron chi connectivity index (χ4n) is 2.46. The van der Waals surface area contributed by atoms with Gasteiger partial charge in [0.25, 0.3) is 5.91 Å². The Morgan fingerprint density at radius 3 is 2.43 bits per heavy atom. The van der Waals surface area contributed by atoms with E-state index in [0.29, 0.717) is 5.69 Å². The number of nitrogens with zero attached hydrogens (tertiary/aromatic N) is 1. The summed E-state index contributed by atoms with van der Waals surface area (Å²) in [6, 6.07) is 12.0. The molecule has 1 atom stereocenters. The summed E-state index contributed by atoms with van der Waals surface area (Å²) in [7, 11) is 1.88. The first-order chi connectivity index (χ1) is 11.0. The third kappa shape index (κ3) is 5.16. The van der Waals surface area contributed by atoms with Crippen molar-refractivity contribution in [3.63, 3.8) is 0 Å². The summed E-state index contributed by atoms with van der Waals surface area (Å²) in [4.78, 5) is 12.1. The quantitative estimate of drug-likeness (QED) is 0.849. The summed E-state index contributed by atoms with van der Waals surface area (Å²) in [5.41, 5.74) is 1.94. The molecule has 4 heteroatoms. The minimum Gasteiger partial charge on any atom is -0.491 e. The highest BCUT2D eigenvalue weighted by Gasteiger charge is 2.12. The highest BCUT2D eigenvalue weighted by Crippen LogP contribution is 2.15. The Morgan fingerprint density at radius 1 is 1.17 bits per heavy atom. The zero-order chi connectivity index (χ0) is 16.8. The minimum absolute atomic E-state index is 0.0225. The molecule has 1 aromatic carbocycles. The Morgan fingerprint density at radius 2 is 1.87 bits per heavy atom. The van der Waals surface area contributed by atoms with E-state index in [9.17, 15) is 4.79 Å². The van der Waals surface area contributed by atoms with Gasteiger partial charge in [-0.1, -0.05) is 12.1 Å². The van der Waals surface area contributed by atoms with Crippen LogP contribution in [-0.4, -0.2) is 22.6 Å². The van der Waals surface area contributed by atoms with Gasteiger partial charge in [-0.2, -0.15) is 0 Å². The third-order valence-corrected chi connectivity index (χ3v) is 3.72. The maximum Gasteiger partial charge on any atom is 0.268 e. The number of hydrogen-bond acceptors (Lipinski definition) is 2. The van der Waals surface area contributed by atoms with E-state index in [0.717, 1.165) is 18.6 Å². The van der Waals surface area contributed by atoms with Gasteiger partial charge >= 0.3 is 0 Å². The predicted molar refractivity (Wildman–Crippen MR) is 92.9 cm³/mol. The van der Waals surface area contributed by atoms with Crippen molar-refractivity contribution in [2.24, 2.45) is 7.05 Å². The van der Waals surface area contributed by atoms with Crippen LogP contribution in [-0.2, 0) is 13.5 Å².